The van der Waals surface area contributed by atoms with Gasteiger partial charge in [-0.1, -0.05) is 30.3 Å². The zero-order chi connectivity index (χ0) is 18.1. The summed E-state index contributed by atoms with van der Waals surface area (Å²) in [6.45, 7) is 5.60. The molecule has 0 saturated heterocycles. The molecule has 0 amide bonds. The molecule has 0 spiro atoms. The van der Waals surface area contributed by atoms with Crippen LogP contribution in [0.3, 0.4) is 0 Å². The average Bonchev–Trinajstić information content (AvgIpc) is 2.62. The lowest BCUT2D eigenvalue weighted by molar-refractivity contribution is 0.0984. The van der Waals surface area contributed by atoms with E-state index in [1.165, 1.54) is 12.1 Å². The first-order chi connectivity index (χ1) is 12.1. The third-order valence-corrected chi connectivity index (χ3v) is 4.06. The van der Waals surface area contributed by atoms with Gasteiger partial charge in [-0.25, -0.2) is 4.39 Å². The van der Waals surface area contributed by atoms with Gasteiger partial charge >= 0.3 is 0 Å². The van der Waals surface area contributed by atoms with Gasteiger partial charge in [-0.2, -0.15) is 0 Å². The molecule has 0 fully saturated rings. The molecule has 4 heteroatoms. The van der Waals surface area contributed by atoms with Crippen molar-refractivity contribution in [1.82, 2.24) is 4.90 Å². The fraction of sp³-hybridized carbons (Fsp3) is 0.333. The molecule has 3 nitrogen and oxygen atoms in total. The number of hydrogen-bond donors (Lipinski definition) is 1. The lowest BCUT2D eigenvalue weighted by atomic mass is 10.1. The van der Waals surface area contributed by atoms with E-state index in [1.54, 1.807) is 19.2 Å². The maximum Gasteiger partial charge on any atom is 0.123 e. The largest absolute Gasteiger partial charge is 0.497 e. The molecule has 1 N–H and O–H groups in total. The highest BCUT2D eigenvalue weighted by Crippen LogP contribution is 2.16. The Balaban J connectivity index is 2.06. The van der Waals surface area contributed by atoms with Gasteiger partial charge in [0, 0.05) is 19.6 Å². The van der Waals surface area contributed by atoms with Gasteiger partial charge in [0.25, 0.3) is 0 Å². The molecular formula is C21H26FNO2. The molecule has 0 heterocycles. The number of nitrogens with zero attached hydrogens (tertiary/aromatic N) is 1. The van der Waals surface area contributed by atoms with E-state index in [9.17, 15) is 9.50 Å². The third-order valence-electron chi connectivity index (χ3n) is 4.06. The van der Waals surface area contributed by atoms with Crippen LogP contribution in [0.25, 0.3) is 0 Å². The van der Waals surface area contributed by atoms with Crippen LogP contribution in [0.5, 0.6) is 5.75 Å². The van der Waals surface area contributed by atoms with Gasteiger partial charge in [0.15, 0.2) is 0 Å². The van der Waals surface area contributed by atoms with Crippen LogP contribution in [-0.2, 0) is 13.1 Å². The maximum atomic E-state index is 13.1. The van der Waals surface area contributed by atoms with Gasteiger partial charge in [0.1, 0.15) is 11.6 Å². The number of aliphatic hydroxyl groups excluding tert-OH is 1. The highest BCUT2D eigenvalue weighted by molar-refractivity contribution is 5.27. The minimum atomic E-state index is -0.420. The predicted octanol–water partition coefficient (Wildman–Crippen LogP) is 4.16. The van der Waals surface area contributed by atoms with Crippen LogP contribution in [0.4, 0.5) is 4.39 Å². The molecular weight excluding hydrogens is 317 g/mol. The molecule has 134 valence electrons. The van der Waals surface area contributed by atoms with Crippen molar-refractivity contribution in [3.8, 4) is 5.75 Å². The summed E-state index contributed by atoms with van der Waals surface area (Å²) in [6, 6.07) is 14.4. The highest BCUT2D eigenvalue weighted by Gasteiger charge is 2.13. The molecule has 25 heavy (non-hydrogen) atoms. The summed E-state index contributed by atoms with van der Waals surface area (Å²) >= 11 is 0. The quantitative estimate of drug-likeness (QED) is 0.658. The fourth-order valence-corrected chi connectivity index (χ4v) is 2.72. The number of hydrogen-bond acceptors (Lipinski definition) is 3. The van der Waals surface area contributed by atoms with E-state index in [1.807, 2.05) is 30.3 Å². The number of benzene rings is 2. The van der Waals surface area contributed by atoms with E-state index in [0.717, 1.165) is 23.3 Å². The van der Waals surface area contributed by atoms with Crippen LogP contribution < -0.4 is 4.74 Å². The Morgan fingerprint density at radius 1 is 1.08 bits per heavy atom. The molecule has 0 aromatic heterocycles. The fourth-order valence-electron chi connectivity index (χ4n) is 2.72. The van der Waals surface area contributed by atoms with Crippen LogP contribution in [0.2, 0.25) is 0 Å². The lowest BCUT2D eigenvalue weighted by Crippen LogP contribution is -2.31. The first-order valence-corrected chi connectivity index (χ1v) is 8.49. The Morgan fingerprint density at radius 3 is 2.16 bits per heavy atom. The van der Waals surface area contributed by atoms with Crippen LogP contribution in [0.15, 0.2) is 61.2 Å². The van der Waals surface area contributed by atoms with Crippen molar-refractivity contribution in [2.24, 2.45) is 0 Å². The molecule has 2 aromatic carbocycles. The van der Waals surface area contributed by atoms with Crippen molar-refractivity contribution in [3.63, 3.8) is 0 Å². The van der Waals surface area contributed by atoms with Gasteiger partial charge in [-0.05, 0) is 48.2 Å². The summed E-state index contributed by atoms with van der Waals surface area (Å²) < 4.78 is 18.3. The summed E-state index contributed by atoms with van der Waals surface area (Å²) in [7, 11) is 1.64. The summed E-state index contributed by atoms with van der Waals surface area (Å²) in [5, 5.41) is 10.3. The predicted molar refractivity (Wildman–Crippen MR) is 98.9 cm³/mol. The Morgan fingerprint density at radius 2 is 1.64 bits per heavy atom. The van der Waals surface area contributed by atoms with Gasteiger partial charge < -0.3 is 9.84 Å². The molecule has 2 aromatic rings. The number of methoxy groups -OCH3 is 1. The lowest BCUT2D eigenvalue weighted by Gasteiger charge is -2.25. The normalized spacial score (nSPS) is 12.2. The van der Waals surface area contributed by atoms with Crippen molar-refractivity contribution < 1.29 is 14.2 Å². The standard InChI is InChI=1S/C21H26FNO2/c1-3-4-5-20(24)16-23(14-17-6-10-19(22)11-7-17)15-18-8-12-21(25-2)13-9-18/h3,6-13,20,24H,1,4-5,14-16H2,2H3. The van der Waals surface area contributed by atoms with E-state index in [-0.39, 0.29) is 5.82 Å². The Kier molecular flexibility index (Phi) is 7.64. The summed E-state index contributed by atoms with van der Waals surface area (Å²) in [6.07, 6.45) is 2.87. The number of aliphatic hydroxyl groups is 1. The van der Waals surface area contributed by atoms with E-state index >= 15 is 0 Å². The molecule has 0 bridgehead atoms. The van der Waals surface area contributed by atoms with Gasteiger partial charge in [-0.3, -0.25) is 4.90 Å². The topological polar surface area (TPSA) is 32.7 Å². The van der Waals surface area contributed by atoms with Gasteiger partial charge in [-0.15, -0.1) is 6.58 Å². The second-order valence-corrected chi connectivity index (χ2v) is 6.16. The molecule has 0 saturated carbocycles. The number of allylic oxidation sites excluding steroid dienone is 1. The molecule has 0 aliphatic rings. The van der Waals surface area contributed by atoms with E-state index in [4.69, 9.17) is 4.74 Å². The first kappa shape index (κ1) is 19.2. The van der Waals surface area contributed by atoms with Crippen molar-refractivity contribution >= 4 is 0 Å². The number of rotatable bonds is 10. The molecule has 0 aliphatic heterocycles. The SMILES string of the molecule is C=CCCC(O)CN(Cc1ccc(F)cc1)Cc1ccc(OC)cc1. The van der Waals surface area contributed by atoms with Crippen LogP contribution in [-0.4, -0.2) is 29.8 Å². The van der Waals surface area contributed by atoms with E-state index in [0.29, 0.717) is 26.1 Å². The summed E-state index contributed by atoms with van der Waals surface area (Å²) in [5.74, 6) is 0.580. The maximum absolute atomic E-state index is 13.1. The Hall–Kier alpha value is -2.17. The minimum Gasteiger partial charge on any atom is -0.497 e. The molecule has 1 atom stereocenters. The van der Waals surface area contributed by atoms with Crippen LogP contribution in [0, 0.1) is 5.82 Å². The zero-order valence-corrected chi connectivity index (χ0v) is 14.7. The summed E-state index contributed by atoms with van der Waals surface area (Å²) in [5.41, 5.74) is 2.16. The second kappa shape index (κ2) is 9.97. The third kappa shape index (κ3) is 6.69. The summed E-state index contributed by atoms with van der Waals surface area (Å²) in [4.78, 5) is 2.17. The molecule has 0 radical (unpaired) electrons. The average molecular weight is 343 g/mol. The minimum absolute atomic E-state index is 0.239. The van der Waals surface area contributed by atoms with Crippen molar-refractivity contribution in [2.45, 2.75) is 32.0 Å². The van der Waals surface area contributed by atoms with Crippen LogP contribution >= 0.6 is 0 Å². The van der Waals surface area contributed by atoms with E-state index in [2.05, 4.69) is 11.5 Å². The molecule has 0 aliphatic carbocycles. The number of ether oxygens (including phenoxy) is 1. The van der Waals surface area contributed by atoms with E-state index < -0.39 is 6.10 Å². The Bertz CT molecular complexity index is 640. The molecule has 2 rings (SSSR count). The van der Waals surface area contributed by atoms with Gasteiger partial charge in [0.2, 0.25) is 0 Å². The van der Waals surface area contributed by atoms with Gasteiger partial charge in [0.05, 0.1) is 13.2 Å². The monoisotopic (exact) mass is 343 g/mol. The highest BCUT2D eigenvalue weighted by atomic mass is 19.1. The smallest absolute Gasteiger partial charge is 0.123 e. The second-order valence-electron chi connectivity index (χ2n) is 6.16. The zero-order valence-electron chi connectivity index (χ0n) is 14.7. The van der Waals surface area contributed by atoms with Crippen molar-refractivity contribution in [3.05, 3.63) is 78.1 Å². The number of halogens is 1. The molecule has 1 unspecified atom stereocenters. The Labute approximate surface area is 149 Å². The van der Waals surface area contributed by atoms with Crippen molar-refractivity contribution in [2.75, 3.05) is 13.7 Å². The van der Waals surface area contributed by atoms with Crippen molar-refractivity contribution in [1.29, 1.82) is 0 Å². The first-order valence-electron chi connectivity index (χ1n) is 8.49. The van der Waals surface area contributed by atoms with Crippen LogP contribution in [0.1, 0.15) is 24.0 Å².